The van der Waals surface area contributed by atoms with Gasteiger partial charge in [0.2, 0.25) is 0 Å². The first-order valence-electron chi connectivity index (χ1n) is 34.3. The van der Waals surface area contributed by atoms with Crippen molar-refractivity contribution in [3.63, 3.8) is 0 Å². The zero-order valence-corrected chi connectivity index (χ0v) is 62.6. The van der Waals surface area contributed by atoms with Gasteiger partial charge in [-0.1, -0.05) is 168 Å². The molecule has 22 nitrogen and oxygen atoms in total. The summed E-state index contributed by atoms with van der Waals surface area (Å²) in [6.45, 7) is 16.4. The van der Waals surface area contributed by atoms with Crippen LogP contribution in [0.5, 0.6) is 0 Å². The Morgan fingerprint density at radius 2 is 0.907 bits per heavy atom. The molecular formula is C81H80BCl3N18O4. The molecule has 16 rings (SSSR count). The van der Waals surface area contributed by atoms with E-state index in [2.05, 4.69) is 113 Å². The summed E-state index contributed by atoms with van der Waals surface area (Å²) >= 11 is 17.3. The lowest BCUT2D eigenvalue weighted by molar-refractivity contribution is 0.00578. The number of anilines is 3. The van der Waals surface area contributed by atoms with E-state index in [9.17, 15) is 4.79 Å². The minimum atomic E-state index is -0.575. The topological polar surface area (TPSA) is 274 Å². The Labute approximate surface area is 635 Å². The molecule has 8 aromatic carbocycles. The quantitative estimate of drug-likeness (QED) is 0.0671. The highest BCUT2D eigenvalue weighted by Gasteiger charge is 2.52. The minimum Gasteiger partial charge on any atom is -0.442 e. The zero-order valence-electron chi connectivity index (χ0n) is 60.3. The van der Waals surface area contributed by atoms with E-state index in [1.807, 2.05) is 207 Å². The number of ether oxygens (including phenoxy) is 1. The van der Waals surface area contributed by atoms with Crippen molar-refractivity contribution in [3.8, 4) is 22.3 Å². The van der Waals surface area contributed by atoms with E-state index in [1.54, 1.807) is 66.3 Å². The lowest BCUT2D eigenvalue weighted by Crippen LogP contribution is -2.41. The molecule has 0 radical (unpaired) electrons. The van der Waals surface area contributed by atoms with E-state index in [-0.39, 0.29) is 18.3 Å². The molecule has 1 saturated heterocycles. The number of nitrogens with one attached hydrogen (secondary N) is 4. The van der Waals surface area contributed by atoms with Gasteiger partial charge in [0.1, 0.15) is 28.2 Å². The molecule has 1 aliphatic heterocycles. The molecule has 15 aromatic rings. The number of H-pyrrole nitrogens is 1. The standard InChI is InChI=1S/C23H23N5O2.C18H15N5.C15H12ClN3.C10H17BN2O2.C8H4Cl2N2.C7H9N/c1-23(2,3)30-22(29)28-15-18(13-26-28)17-9-10-19-20(11-17)24-14-21(27-19)25-12-16-7-5-4-6-8-16;1-2-4-13(5-3-1)9-20-18-12-19-17-8-14(6-7-16(17)23-18)15-10-21-22-11-15;16-12-6-7-13-14(8-12)17-10-15(19-13)18-9-11-4-2-1-3-5-11;1-9(2)10(3,4)15-11(14-9)8-6-12-13(5)7-8;9-5-1-2-6-7(3-5)11-4-8(10)12-6;8-6-7-4-2-1-3-5-7/h4-11,13-15H,12H2,1-3H3,(H,25,27);1-8,10-12H,9H2,(H,20,23)(H,21,22);1-8,10H,9H2,(H,18,19);6-7H,1-5H3;1-4H;1-5H,6,8H2. The number of nitrogens with zero attached hydrogens (tertiary/aromatic N) is 13. The van der Waals surface area contributed by atoms with E-state index in [4.69, 9.17) is 54.6 Å². The van der Waals surface area contributed by atoms with Gasteiger partial charge in [0.05, 0.1) is 92.5 Å². The van der Waals surface area contributed by atoms with E-state index in [0.717, 1.165) is 102 Å². The van der Waals surface area contributed by atoms with Gasteiger partial charge in [-0.25, -0.2) is 24.7 Å². The fourth-order valence-electron chi connectivity index (χ4n) is 10.4. The zero-order chi connectivity index (χ0) is 75.3. The smallest absolute Gasteiger partial charge is 0.442 e. The van der Waals surface area contributed by atoms with Crippen LogP contribution in [0.25, 0.3) is 66.4 Å². The maximum atomic E-state index is 12.2. The van der Waals surface area contributed by atoms with Crippen molar-refractivity contribution >= 4 is 115 Å². The van der Waals surface area contributed by atoms with Crippen LogP contribution in [0.4, 0.5) is 22.2 Å². The van der Waals surface area contributed by atoms with Gasteiger partial charge >= 0.3 is 13.2 Å². The number of fused-ring (bicyclic) bond motifs is 4. The van der Waals surface area contributed by atoms with Crippen molar-refractivity contribution in [2.45, 2.75) is 91.4 Å². The number of halogens is 3. The van der Waals surface area contributed by atoms with Gasteiger partial charge in [-0.05, 0) is 143 Å². The number of nitrogens with two attached hydrogens (primary N) is 1. The summed E-state index contributed by atoms with van der Waals surface area (Å²) in [5.74, 6) is 2.26. The fraction of sp³-hybridized carbons (Fsp3) is 0.185. The molecule has 0 spiro atoms. The average molecular weight is 1490 g/mol. The number of aryl methyl sites for hydroxylation is 1. The predicted molar refractivity (Wildman–Crippen MR) is 428 cm³/mol. The monoisotopic (exact) mass is 1480 g/mol. The molecular weight excluding hydrogens is 1410 g/mol. The Morgan fingerprint density at radius 3 is 1.32 bits per heavy atom. The average Bonchev–Trinajstić information content (AvgIpc) is 1.64. The number of benzene rings is 8. The van der Waals surface area contributed by atoms with Gasteiger partial charge in [-0.3, -0.25) is 29.7 Å². The third-order valence-electron chi connectivity index (χ3n) is 16.7. The number of hydrogen-bond acceptors (Lipinski definition) is 19. The van der Waals surface area contributed by atoms with Crippen LogP contribution in [0, 0.1) is 0 Å². The van der Waals surface area contributed by atoms with Crippen molar-refractivity contribution in [2.24, 2.45) is 12.8 Å². The first-order chi connectivity index (χ1) is 51.6. The Hall–Kier alpha value is -11.6. The fourth-order valence-corrected chi connectivity index (χ4v) is 10.9. The third kappa shape index (κ3) is 22.2. The molecule has 8 heterocycles. The lowest BCUT2D eigenvalue weighted by atomic mass is 9.82. The minimum absolute atomic E-state index is 0.284. The molecule has 542 valence electrons. The lowest BCUT2D eigenvalue weighted by Gasteiger charge is -2.32. The van der Waals surface area contributed by atoms with Crippen LogP contribution in [0.15, 0.2) is 256 Å². The van der Waals surface area contributed by atoms with Crippen LogP contribution >= 0.6 is 34.8 Å². The summed E-state index contributed by atoms with van der Waals surface area (Å²) in [6, 6.07) is 63.2. The van der Waals surface area contributed by atoms with Crippen molar-refractivity contribution in [2.75, 3.05) is 16.0 Å². The third-order valence-corrected chi connectivity index (χ3v) is 17.3. The Kier molecular flexibility index (Phi) is 25.7. The van der Waals surface area contributed by atoms with Crippen molar-refractivity contribution < 1.29 is 18.8 Å². The molecule has 0 amide bonds. The van der Waals surface area contributed by atoms with Crippen LogP contribution in [-0.2, 0) is 47.3 Å². The predicted octanol–water partition coefficient (Wildman–Crippen LogP) is 17.2. The molecule has 0 saturated carbocycles. The molecule has 0 aliphatic carbocycles. The molecule has 107 heavy (non-hydrogen) atoms. The summed E-state index contributed by atoms with van der Waals surface area (Å²) in [7, 11) is 1.58. The highest BCUT2D eigenvalue weighted by atomic mass is 35.5. The molecule has 1 fully saturated rings. The highest BCUT2D eigenvalue weighted by Crippen LogP contribution is 2.36. The summed E-state index contributed by atoms with van der Waals surface area (Å²) < 4.78 is 20.1. The number of carbonyl (C=O) groups excluding carboxylic acids is 1. The largest absolute Gasteiger partial charge is 0.498 e. The Morgan fingerprint density at radius 1 is 0.486 bits per heavy atom. The molecule has 26 heteroatoms. The van der Waals surface area contributed by atoms with Crippen molar-refractivity contribution in [3.05, 3.63) is 294 Å². The SMILES string of the molecule is CC(C)(C)OC(=O)n1cc(-c2ccc3nc(NCc4ccccc4)cnc3c2)cn1.Clc1ccc2nc(Cl)cnc2c1.Clc1ccc2nc(NCc3ccccc3)cnc2c1.Cn1cc(B2OC(C)(C)C(C)(C)O2)cn1.NCc1ccccc1.c1ccc(CNc2cnc3cc(-c4cn[nH]c4)ccc3n2)cc1. The second kappa shape index (κ2) is 36.0. The Balaban J connectivity index is 0.000000133. The van der Waals surface area contributed by atoms with Gasteiger partial charge in [-0.15, -0.1) is 0 Å². The van der Waals surface area contributed by atoms with Crippen LogP contribution < -0.4 is 27.1 Å². The molecule has 0 atom stereocenters. The maximum Gasteiger partial charge on any atom is 0.498 e. The summed E-state index contributed by atoms with van der Waals surface area (Å²) in [5.41, 5.74) is 20.2. The maximum absolute atomic E-state index is 12.2. The summed E-state index contributed by atoms with van der Waals surface area (Å²) in [5, 5.41) is 26.6. The van der Waals surface area contributed by atoms with Crippen LogP contribution in [-0.4, -0.2) is 99.6 Å². The van der Waals surface area contributed by atoms with Crippen LogP contribution in [0.2, 0.25) is 15.2 Å². The molecule has 0 bridgehead atoms. The van der Waals surface area contributed by atoms with Gasteiger partial charge in [0.25, 0.3) is 0 Å². The normalized spacial score (nSPS) is 12.5. The number of rotatable bonds is 13. The van der Waals surface area contributed by atoms with Crippen molar-refractivity contribution in [1.82, 2.24) is 69.6 Å². The Bertz CT molecular complexity index is 5310. The first kappa shape index (κ1) is 76.6. The number of carbonyl (C=O) groups is 1. The number of hydrogen-bond donors (Lipinski definition) is 5. The molecule has 6 N–H and O–H groups in total. The number of aromatic nitrogens is 14. The van der Waals surface area contributed by atoms with E-state index in [0.29, 0.717) is 28.3 Å². The molecule has 1 aliphatic rings. The van der Waals surface area contributed by atoms with Crippen LogP contribution in [0.1, 0.15) is 70.7 Å². The second-order valence-corrected chi connectivity index (χ2v) is 27.8. The van der Waals surface area contributed by atoms with E-state index >= 15 is 0 Å². The number of aromatic amines is 1. The summed E-state index contributed by atoms with van der Waals surface area (Å²) in [4.78, 5) is 47.4. The second-order valence-electron chi connectivity index (χ2n) is 26.5. The van der Waals surface area contributed by atoms with Gasteiger partial charge in [-0.2, -0.15) is 20.0 Å². The highest BCUT2D eigenvalue weighted by molar-refractivity contribution is 6.62. The molecule has 7 aromatic heterocycles. The van der Waals surface area contributed by atoms with Gasteiger partial charge < -0.3 is 35.7 Å². The first-order valence-corrected chi connectivity index (χ1v) is 35.4. The van der Waals surface area contributed by atoms with E-state index in [1.165, 1.54) is 33.1 Å². The summed E-state index contributed by atoms with van der Waals surface area (Å²) in [6.07, 6.45) is 16.8. The van der Waals surface area contributed by atoms with Gasteiger partial charge in [0.15, 0.2) is 0 Å². The van der Waals surface area contributed by atoms with Gasteiger partial charge in [0, 0.05) is 84.6 Å². The van der Waals surface area contributed by atoms with Crippen molar-refractivity contribution in [1.29, 1.82) is 0 Å². The van der Waals surface area contributed by atoms with E-state index < -0.39 is 11.7 Å². The van der Waals surface area contributed by atoms with Crippen LogP contribution in [0.3, 0.4) is 0 Å². The molecule has 0 unspecified atom stereocenters.